The average molecular weight is 156 g/mol. The molecule has 4 saturated carbocycles. The summed E-state index contributed by atoms with van der Waals surface area (Å²) in [6.07, 6.45) is 2.65. The van der Waals surface area contributed by atoms with E-state index in [1.807, 2.05) is 0 Å². The standard InChI is InChI=1S/C12H12/c1-7-11(2)6-9-4-3-8-5-10(11)12(7,8)9/h7,10H,5-6H2,1-2H3. The van der Waals surface area contributed by atoms with Crippen LogP contribution in [-0.4, -0.2) is 0 Å². The van der Waals surface area contributed by atoms with Gasteiger partial charge < -0.3 is 0 Å². The lowest BCUT2D eigenvalue weighted by molar-refractivity contribution is -0.131. The Morgan fingerprint density at radius 1 is 1.33 bits per heavy atom. The summed E-state index contributed by atoms with van der Waals surface area (Å²) in [7, 11) is 0. The topological polar surface area (TPSA) is 0 Å². The molecule has 0 aromatic carbocycles. The number of hydrogen-bond acceptors (Lipinski definition) is 0. The van der Waals surface area contributed by atoms with E-state index < -0.39 is 0 Å². The zero-order valence-corrected chi connectivity index (χ0v) is 7.57. The fourth-order valence-corrected chi connectivity index (χ4v) is 4.57. The van der Waals surface area contributed by atoms with Crippen LogP contribution >= 0.6 is 0 Å². The van der Waals surface area contributed by atoms with Crippen molar-refractivity contribution in [3.8, 4) is 0 Å². The molecule has 0 N–H and O–H groups in total. The summed E-state index contributed by atoms with van der Waals surface area (Å²) in [4.78, 5) is 0. The minimum Gasteiger partial charge on any atom is -0.0702 e. The van der Waals surface area contributed by atoms with Crippen molar-refractivity contribution >= 4 is 0 Å². The van der Waals surface area contributed by atoms with Crippen LogP contribution in [0.1, 0.15) is 26.7 Å². The lowest BCUT2D eigenvalue weighted by Gasteiger charge is -2.67. The van der Waals surface area contributed by atoms with E-state index in [4.69, 9.17) is 0 Å². The van der Waals surface area contributed by atoms with Crippen molar-refractivity contribution in [1.29, 1.82) is 0 Å². The molecule has 0 heteroatoms. The van der Waals surface area contributed by atoms with Crippen molar-refractivity contribution in [2.24, 2.45) is 22.7 Å². The largest absolute Gasteiger partial charge is 0.0702 e. The van der Waals surface area contributed by atoms with Crippen LogP contribution < -0.4 is 0 Å². The number of hydrogen-bond donors (Lipinski definition) is 0. The number of rotatable bonds is 0. The molecule has 0 amide bonds. The van der Waals surface area contributed by atoms with Crippen LogP contribution in [0.4, 0.5) is 0 Å². The van der Waals surface area contributed by atoms with Crippen molar-refractivity contribution < 1.29 is 0 Å². The van der Waals surface area contributed by atoms with Crippen LogP contribution in [0.2, 0.25) is 0 Å². The Hall–Kier alpha value is -0.700. The normalized spacial score (nSPS) is 61.8. The Bertz CT molecular complexity index is 405. The van der Waals surface area contributed by atoms with E-state index in [-0.39, 0.29) is 0 Å². The molecule has 1 spiro atoms. The Balaban J connectivity index is 2.11. The van der Waals surface area contributed by atoms with Crippen molar-refractivity contribution in [3.05, 3.63) is 22.6 Å². The fraction of sp³-hybridized carbons (Fsp3) is 0.667. The Kier molecular flexibility index (Phi) is 0.584. The molecule has 5 aliphatic rings. The van der Waals surface area contributed by atoms with Crippen molar-refractivity contribution in [2.75, 3.05) is 0 Å². The summed E-state index contributed by atoms with van der Waals surface area (Å²) in [6.45, 7) is 4.90. The molecule has 2 bridgehead atoms. The molecule has 5 aliphatic carbocycles. The predicted octanol–water partition coefficient (Wildman–Crippen LogP) is 2.67. The summed E-state index contributed by atoms with van der Waals surface area (Å²) >= 11 is 0. The highest BCUT2D eigenvalue weighted by Crippen LogP contribution is 2.86. The summed E-state index contributed by atoms with van der Waals surface area (Å²) in [6, 6.07) is 0. The van der Waals surface area contributed by atoms with Crippen molar-refractivity contribution in [1.82, 2.24) is 0 Å². The maximum atomic E-state index is 3.38. The van der Waals surface area contributed by atoms with Gasteiger partial charge in [-0.3, -0.25) is 0 Å². The van der Waals surface area contributed by atoms with E-state index in [9.17, 15) is 0 Å². The van der Waals surface area contributed by atoms with E-state index in [1.165, 1.54) is 12.8 Å². The molecule has 0 nitrogen and oxygen atoms in total. The summed E-state index contributed by atoms with van der Waals surface area (Å²) in [5, 5.41) is 0. The molecule has 12 heavy (non-hydrogen) atoms. The molecule has 4 atom stereocenters. The second-order valence-electron chi connectivity index (χ2n) is 5.24. The van der Waals surface area contributed by atoms with Gasteiger partial charge in [-0.15, -0.1) is 0 Å². The van der Waals surface area contributed by atoms with Gasteiger partial charge in [0, 0.05) is 5.41 Å². The second-order valence-corrected chi connectivity index (χ2v) is 5.24. The smallest absolute Gasteiger partial charge is 0.0353 e. The van der Waals surface area contributed by atoms with Gasteiger partial charge in [-0.25, -0.2) is 0 Å². The maximum Gasteiger partial charge on any atom is 0.0353 e. The number of allylic oxidation sites excluding steroid dienone is 2. The summed E-state index contributed by atoms with van der Waals surface area (Å²) in [5.41, 5.74) is 11.1. The van der Waals surface area contributed by atoms with Crippen LogP contribution in [0.15, 0.2) is 22.6 Å². The van der Waals surface area contributed by atoms with Crippen LogP contribution in [0.3, 0.4) is 0 Å². The molecule has 0 radical (unpaired) electrons. The zero-order valence-electron chi connectivity index (χ0n) is 7.57. The summed E-state index contributed by atoms with van der Waals surface area (Å²) in [5.74, 6) is 1.86. The third-order valence-corrected chi connectivity index (χ3v) is 5.35. The van der Waals surface area contributed by atoms with E-state index in [1.54, 1.807) is 11.1 Å². The molecule has 60 valence electrons. The van der Waals surface area contributed by atoms with Gasteiger partial charge >= 0.3 is 0 Å². The molecule has 5 rings (SSSR count). The molecular formula is C12H12. The Labute approximate surface area is 72.7 Å². The molecule has 4 fully saturated rings. The first-order valence-electron chi connectivity index (χ1n) is 4.95. The van der Waals surface area contributed by atoms with Crippen LogP contribution in [0, 0.1) is 22.7 Å². The molecular weight excluding hydrogens is 144 g/mol. The fourth-order valence-electron chi connectivity index (χ4n) is 4.57. The highest BCUT2D eigenvalue weighted by atomic mass is 14.8. The highest BCUT2D eigenvalue weighted by molar-refractivity contribution is 5.56. The van der Waals surface area contributed by atoms with Gasteiger partial charge in [-0.05, 0) is 41.2 Å². The van der Waals surface area contributed by atoms with Gasteiger partial charge in [-0.1, -0.05) is 25.3 Å². The monoisotopic (exact) mass is 156 g/mol. The second kappa shape index (κ2) is 1.20. The third kappa shape index (κ3) is 0.264. The van der Waals surface area contributed by atoms with Crippen molar-refractivity contribution in [3.63, 3.8) is 0 Å². The van der Waals surface area contributed by atoms with Gasteiger partial charge in [0.1, 0.15) is 0 Å². The Morgan fingerprint density at radius 3 is 2.75 bits per heavy atom. The molecule has 0 aromatic heterocycles. The minimum absolute atomic E-state index is 0.536. The van der Waals surface area contributed by atoms with Gasteiger partial charge in [0.25, 0.3) is 0 Å². The molecule has 0 saturated heterocycles. The van der Waals surface area contributed by atoms with Crippen molar-refractivity contribution in [2.45, 2.75) is 26.7 Å². The van der Waals surface area contributed by atoms with Gasteiger partial charge in [0.2, 0.25) is 0 Å². The lowest BCUT2D eigenvalue weighted by Crippen LogP contribution is -2.62. The predicted molar refractivity (Wildman–Crippen MR) is 46.5 cm³/mol. The molecule has 4 unspecified atom stereocenters. The van der Waals surface area contributed by atoms with Gasteiger partial charge in [0.05, 0.1) is 0 Å². The van der Waals surface area contributed by atoms with Crippen LogP contribution in [-0.2, 0) is 0 Å². The van der Waals surface area contributed by atoms with E-state index in [2.05, 4.69) is 25.3 Å². The maximum absolute atomic E-state index is 3.38. The zero-order chi connectivity index (χ0) is 8.14. The highest BCUT2D eigenvalue weighted by Gasteiger charge is 2.80. The first-order chi connectivity index (χ1) is 5.70. The van der Waals surface area contributed by atoms with Crippen LogP contribution in [0.5, 0.6) is 0 Å². The lowest BCUT2D eigenvalue weighted by atomic mass is 9.35. The first kappa shape index (κ1) is 5.86. The van der Waals surface area contributed by atoms with E-state index >= 15 is 0 Å². The third-order valence-electron chi connectivity index (χ3n) is 5.35. The Morgan fingerprint density at radius 2 is 2.08 bits per heavy atom. The molecule has 0 aromatic rings. The average Bonchev–Trinajstić information content (AvgIpc) is 2.42. The van der Waals surface area contributed by atoms with Crippen LogP contribution in [0.25, 0.3) is 0 Å². The SMILES string of the molecule is CC1C2(C)CC3=C=C=C4CC2C431. The first-order valence-corrected chi connectivity index (χ1v) is 4.95. The molecule has 0 heterocycles. The molecule has 0 aliphatic heterocycles. The summed E-state index contributed by atoms with van der Waals surface area (Å²) < 4.78 is 0. The van der Waals surface area contributed by atoms with Gasteiger partial charge in [-0.2, -0.15) is 0 Å². The minimum atomic E-state index is 0.536. The quantitative estimate of drug-likeness (QED) is 0.473. The van der Waals surface area contributed by atoms with Gasteiger partial charge in [0.15, 0.2) is 0 Å². The van der Waals surface area contributed by atoms with E-state index in [0.717, 1.165) is 11.8 Å². The van der Waals surface area contributed by atoms with E-state index in [0.29, 0.717) is 10.8 Å².